The van der Waals surface area contributed by atoms with Gasteiger partial charge in [-0.05, 0) is 49.9 Å². The first-order chi connectivity index (χ1) is 18.1. The molecule has 1 aliphatic rings. The molecule has 7 nitrogen and oxygen atoms in total. The number of nitrogens with zero attached hydrogens (tertiary/aromatic N) is 2. The highest BCUT2D eigenvalue weighted by atomic mass is 35.5. The maximum atomic E-state index is 13.6. The predicted octanol–water partition coefficient (Wildman–Crippen LogP) is 5.80. The van der Waals surface area contributed by atoms with Gasteiger partial charge in [-0.2, -0.15) is 0 Å². The molecule has 10 heteroatoms. The third-order valence-corrected chi connectivity index (χ3v) is 8.83. The van der Waals surface area contributed by atoms with Crippen molar-refractivity contribution in [2.45, 2.75) is 76.9 Å². The fraction of sp³-hybridized carbons (Fsp3) is 0.500. The summed E-state index contributed by atoms with van der Waals surface area (Å²) in [7, 11) is -3.54. The Labute approximate surface area is 236 Å². The fourth-order valence-electron chi connectivity index (χ4n) is 4.92. The molecule has 2 amide bonds. The van der Waals surface area contributed by atoms with E-state index in [1.165, 1.54) is 10.7 Å². The highest BCUT2D eigenvalue weighted by Crippen LogP contribution is 2.28. The zero-order valence-electron chi connectivity index (χ0n) is 22.0. The van der Waals surface area contributed by atoms with Crippen LogP contribution in [0.25, 0.3) is 0 Å². The van der Waals surface area contributed by atoms with Crippen molar-refractivity contribution in [2.75, 3.05) is 17.1 Å². The second kappa shape index (κ2) is 14.2. The van der Waals surface area contributed by atoms with E-state index in [-0.39, 0.29) is 43.8 Å². The number of halogens is 2. The Hall–Kier alpha value is -2.29. The first-order valence-electron chi connectivity index (χ1n) is 13.2. The zero-order valence-corrected chi connectivity index (χ0v) is 24.4. The molecule has 0 aliphatic heterocycles. The Kier molecular flexibility index (Phi) is 11.3. The molecule has 1 saturated carbocycles. The number of rotatable bonds is 12. The van der Waals surface area contributed by atoms with Crippen LogP contribution in [-0.4, -0.2) is 50.0 Å². The van der Waals surface area contributed by atoms with E-state index in [1.807, 2.05) is 13.0 Å². The normalized spacial score (nSPS) is 15.1. The van der Waals surface area contributed by atoms with Gasteiger partial charge in [-0.1, -0.05) is 73.7 Å². The van der Waals surface area contributed by atoms with E-state index in [4.69, 9.17) is 23.2 Å². The van der Waals surface area contributed by atoms with Crippen LogP contribution in [0.5, 0.6) is 0 Å². The zero-order chi connectivity index (χ0) is 27.7. The lowest BCUT2D eigenvalue weighted by molar-refractivity contribution is -0.141. The monoisotopic (exact) mass is 581 g/mol. The van der Waals surface area contributed by atoms with Crippen LogP contribution in [0.1, 0.15) is 63.9 Å². The van der Waals surface area contributed by atoms with Crippen molar-refractivity contribution in [1.82, 2.24) is 10.2 Å². The summed E-state index contributed by atoms with van der Waals surface area (Å²) in [4.78, 5) is 28.6. The Morgan fingerprint density at radius 2 is 1.63 bits per heavy atom. The summed E-state index contributed by atoms with van der Waals surface area (Å²) in [5.74, 6) is -0.439. The van der Waals surface area contributed by atoms with Gasteiger partial charge in [-0.25, -0.2) is 8.42 Å². The SMILES string of the molecule is CC[C@@H](C(=O)NC1CCCCC1)N(Cc1c(Cl)cccc1Cl)C(=O)CCCN(c1ccccc1)S(C)(=O)=O. The average Bonchev–Trinajstić information content (AvgIpc) is 2.88. The van der Waals surface area contributed by atoms with Crippen LogP contribution in [0.15, 0.2) is 48.5 Å². The number of nitrogens with one attached hydrogen (secondary N) is 1. The summed E-state index contributed by atoms with van der Waals surface area (Å²) < 4.78 is 26.2. The van der Waals surface area contributed by atoms with E-state index in [2.05, 4.69) is 5.32 Å². The van der Waals surface area contributed by atoms with Gasteiger partial charge in [0, 0.05) is 41.2 Å². The second-order valence-electron chi connectivity index (χ2n) is 9.76. The molecule has 0 spiro atoms. The van der Waals surface area contributed by atoms with E-state index < -0.39 is 16.1 Å². The Morgan fingerprint density at radius 3 is 2.21 bits per heavy atom. The fourth-order valence-corrected chi connectivity index (χ4v) is 6.40. The average molecular weight is 583 g/mol. The van der Waals surface area contributed by atoms with Crippen LogP contribution >= 0.6 is 23.2 Å². The van der Waals surface area contributed by atoms with Crippen molar-refractivity contribution >= 4 is 50.7 Å². The summed E-state index contributed by atoms with van der Waals surface area (Å²) in [6, 6.07) is 13.4. The van der Waals surface area contributed by atoms with Gasteiger partial charge >= 0.3 is 0 Å². The van der Waals surface area contributed by atoms with E-state index in [1.54, 1.807) is 47.4 Å². The van der Waals surface area contributed by atoms with E-state index >= 15 is 0 Å². The topological polar surface area (TPSA) is 86.8 Å². The minimum atomic E-state index is -3.54. The number of anilines is 1. The lowest BCUT2D eigenvalue weighted by Crippen LogP contribution is -2.51. The number of amides is 2. The summed E-state index contributed by atoms with van der Waals surface area (Å²) in [5.41, 5.74) is 1.12. The summed E-state index contributed by atoms with van der Waals surface area (Å²) >= 11 is 12.9. The van der Waals surface area contributed by atoms with Gasteiger partial charge in [0.2, 0.25) is 21.8 Å². The highest BCUT2D eigenvalue weighted by Gasteiger charge is 2.31. The minimum absolute atomic E-state index is 0.0636. The van der Waals surface area contributed by atoms with Gasteiger partial charge in [-0.3, -0.25) is 13.9 Å². The molecule has 1 aliphatic carbocycles. The summed E-state index contributed by atoms with van der Waals surface area (Å²) in [6.45, 7) is 2.10. The van der Waals surface area contributed by atoms with Gasteiger partial charge in [-0.15, -0.1) is 0 Å². The molecule has 3 rings (SSSR count). The van der Waals surface area contributed by atoms with Crippen molar-refractivity contribution < 1.29 is 18.0 Å². The molecule has 38 heavy (non-hydrogen) atoms. The number of hydrogen-bond acceptors (Lipinski definition) is 4. The lowest BCUT2D eigenvalue weighted by atomic mass is 9.95. The summed E-state index contributed by atoms with van der Waals surface area (Å²) in [6.07, 6.45) is 7.13. The molecule has 0 unspecified atom stereocenters. The first kappa shape index (κ1) is 30.3. The van der Waals surface area contributed by atoms with Crippen LogP contribution in [-0.2, 0) is 26.2 Å². The van der Waals surface area contributed by atoms with Crippen molar-refractivity contribution in [1.29, 1.82) is 0 Å². The third kappa shape index (κ3) is 8.35. The van der Waals surface area contributed by atoms with E-state index in [0.717, 1.165) is 31.9 Å². The lowest BCUT2D eigenvalue weighted by Gasteiger charge is -2.33. The smallest absolute Gasteiger partial charge is 0.243 e. The largest absolute Gasteiger partial charge is 0.352 e. The molecule has 0 bridgehead atoms. The van der Waals surface area contributed by atoms with Gasteiger partial charge < -0.3 is 10.2 Å². The number of benzene rings is 2. The molecule has 0 radical (unpaired) electrons. The van der Waals surface area contributed by atoms with Gasteiger partial charge in [0.1, 0.15) is 6.04 Å². The number of sulfonamides is 1. The van der Waals surface area contributed by atoms with Crippen LogP contribution in [0.3, 0.4) is 0 Å². The van der Waals surface area contributed by atoms with Crippen LogP contribution in [0, 0.1) is 0 Å². The molecule has 0 saturated heterocycles. The third-order valence-electron chi connectivity index (χ3n) is 6.92. The minimum Gasteiger partial charge on any atom is -0.352 e. The van der Waals surface area contributed by atoms with Crippen LogP contribution < -0.4 is 9.62 Å². The van der Waals surface area contributed by atoms with Gasteiger partial charge in [0.15, 0.2) is 0 Å². The number of hydrogen-bond donors (Lipinski definition) is 1. The van der Waals surface area contributed by atoms with Crippen molar-refractivity contribution in [3.63, 3.8) is 0 Å². The molecular formula is C28H37Cl2N3O4S. The van der Waals surface area contributed by atoms with E-state index in [9.17, 15) is 18.0 Å². The van der Waals surface area contributed by atoms with Crippen molar-refractivity contribution in [3.8, 4) is 0 Å². The maximum Gasteiger partial charge on any atom is 0.243 e. The first-order valence-corrected chi connectivity index (χ1v) is 15.8. The molecular weight excluding hydrogens is 545 g/mol. The quantitative estimate of drug-likeness (QED) is 0.343. The Bertz CT molecular complexity index is 1170. The molecule has 1 atom stereocenters. The number of carbonyl (C=O) groups excluding carboxylic acids is 2. The maximum absolute atomic E-state index is 13.6. The van der Waals surface area contributed by atoms with Gasteiger partial charge in [0.05, 0.1) is 11.9 Å². The van der Waals surface area contributed by atoms with Gasteiger partial charge in [0.25, 0.3) is 0 Å². The number of para-hydroxylation sites is 1. The molecule has 2 aromatic rings. The van der Waals surface area contributed by atoms with Crippen LogP contribution in [0.2, 0.25) is 10.0 Å². The standard InChI is InChI=1S/C28H37Cl2N3O4S/c1-3-26(28(35)31-21-12-6-4-7-13-21)32(20-23-24(29)16-10-17-25(23)30)27(34)18-11-19-33(38(2,36)37)22-14-8-5-9-15-22/h5,8-10,14-17,21,26H,3-4,6-7,11-13,18-20H2,1-2H3,(H,31,35)/t26-/m0/s1. The molecule has 2 aromatic carbocycles. The van der Waals surface area contributed by atoms with E-state index in [0.29, 0.717) is 27.7 Å². The Balaban J connectivity index is 1.79. The second-order valence-corrected chi connectivity index (χ2v) is 12.5. The highest BCUT2D eigenvalue weighted by molar-refractivity contribution is 7.92. The molecule has 0 aromatic heterocycles. The molecule has 1 N–H and O–H groups in total. The molecule has 1 fully saturated rings. The summed E-state index contributed by atoms with van der Waals surface area (Å²) in [5, 5.41) is 3.99. The van der Waals surface area contributed by atoms with Crippen molar-refractivity contribution in [3.05, 3.63) is 64.1 Å². The number of carbonyl (C=O) groups is 2. The predicted molar refractivity (Wildman–Crippen MR) is 154 cm³/mol. The Morgan fingerprint density at radius 1 is 1.00 bits per heavy atom. The van der Waals surface area contributed by atoms with Crippen LogP contribution in [0.4, 0.5) is 5.69 Å². The molecule has 208 valence electrons. The molecule has 0 heterocycles. The van der Waals surface area contributed by atoms with Crippen molar-refractivity contribution in [2.24, 2.45) is 0 Å².